The molecular weight excluding hydrogens is 368 g/mol. The van der Waals surface area contributed by atoms with Crippen LogP contribution in [0.4, 0.5) is 0 Å². The van der Waals surface area contributed by atoms with Gasteiger partial charge in [-0.2, -0.15) is 0 Å². The van der Waals surface area contributed by atoms with E-state index < -0.39 is 11.2 Å². The largest absolute Gasteiger partial charge is 0.461 e. The summed E-state index contributed by atoms with van der Waals surface area (Å²) in [6.07, 6.45) is 6.12. The minimum Gasteiger partial charge on any atom is -0.461 e. The van der Waals surface area contributed by atoms with Gasteiger partial charge in [0, 0.05) is 17.0 Å². The van der Waals surface area contributed by atoms with E-state index in [1.54, 1.807) is 0 Å². The lowest BCUT2D eigenvalue weighted by molar-refractivity contribution is -0.177. The summed E-state index contributed by atoms with van der Waals surface area (Å²) in [5.74, 6) is 0.853. The van der Waals surface area contributed by atoms with Crippen molar-refractivity contribution >= 4 is 16.9 Å². The molecule has 1 aromatic heterocycles. The minimum absolute atomic E-state index is 0.0661. The fourth-order valence-electron chi connectivity index (χ4n) is 6.73. The Morgan fingerprint density at radius 2 is 1.83 bits per heavy atom. The Morgan fingerprint density at radius 1 is 1.14 bits per heavy atom. The van der Waals surface area contributed by atoms with Gasteiger partial charge in [0.2, 0.25) is 0 Å². The van der Waals surface area contributed by atoms with Crippen LogP contribution >= 0.6 is 0 Å². The van der Waals surface area contributed by atoms with Crippen LogP contribution in [-0.2, 0) is 16.1 Å². The van der Waals surface area contributed by atoms with Gasteiger partial charge in [-0.05, 0) is 92.9 Å². The summed E-state index contributed by atoms with van der Waals surface area (Å²) < 4.78 is 11.0. The molecule has 29 heavy (non-hydrogen) atoms. The zero-order valence-corrected chi connectivity index (χ0v) is 17.1. The number of aryl methyl sites for hydroxylation is 2. The lowest BCUT2D eigenvalue weighted by atomic mass is 9.47. The summed E-state index contributed by atoms with van der Waals surface area (Å²) in [5.41, 5.74) is 2.23. The molecule has 6 rings (SSSR count). The van der Waals surface area contributed by atoms with Gasteiger partial charge >= 0.3 is 11.6 Å². The Labute approximate surface area is 170 Å². The van der Waals surface area contributed by atoms with Crippen LogP contribution in [0.15, 0.2) is 27.4 Å². The summed E-state index contributed by atoms with van der Waals surface area (Å²) >= 11 is 0. The number of hydrogen-bond donors (Lipinski definition) is 1. The summed E-state index contributed by atoms with van der Waals surface area (Å²) in [4.78, 5) is 24.7. The highest BCUT2D eigenvalue weighted by molar-refractivity contribution is 5.82. The number of ether oxygens (including phenoxy) is 1. The summed E-state index contributed by atoms with van der Waals surface area (Å²) in [7, 11) is 0. The standard InChI is InChI=1S/C24H28O5/c1-14-3-19-18(6-21(25)29-20(19)4-15(14)2)12-28-22(26)11-23-7-16-5-17(8-23)10-24(27,9-16)13-23/h3-4,6,16-17,27H,5,7-13H2,1-2H3/t16-,17-,23?,24?/m1/s1. The van der Waals surface area contributed by atoms with Gasteiger partial charge in [0.1, 0.15) is 12.2 Å². The fourth-order valence-corrected chi connectivity index (χ4v) is 6.73. The molecule has 4 fully saturated rings. The molecule has 2 atom stereocenters. The van der Waals surface area contributed by atoms with Gasteiger partial charge in [-0.1, -0.05) is 0 Å². The Kier molecular flexibility index (Phi) is 4.18. The first-order valence-corrected chi connectivity index (χ1v) is 10.6. The van der Waals surface area contributed by atoms with Crippen molar-refractivity contribution in [3.8, 4) is 0 Å². The minimum atomic E-state index is -0.575. The van der Waals surface area contributed by atoms with E-state index in [9.17, 15) is 14.7 Å². The molecular formula is C24H28O5. The van der Waals surface area contributed by atoms with Crippen molar-refractivity contribution in [2.75, 3.05) is 0 Å². The molecule has 0 radical (unpaired) electrons. The molecule has 2 aromatic rings. The number of benzene rings is 1. The molecule has 0 saturated heterocycles. The third kappa shape index (κ3) is 3.39. The number of fused-ring (bicyclic) bond motifs is 1. The van der Waals surface area contributed by atoms with Gasteiger partial charge in [-0.25, -0.2) is 4.79 Å². The van der Waals surface area contributed by atoms with Crippen LogP contribution < -0.4 is 5.63 Å². The molecule has 0 spiro atoms. The Bertz CT molecular complexity index is 1040. The normalized spacial score (nSPS) is 32.7. The molecule has 0 aliphatic heterocycles. The van der Waals surface area contributed by atoms with Crippen molar-refractivity contribution in [3.63, 3.8) is 0 Å². The molecule has 1 N–H and O–H groups in total. The monoisotopic (exact) mass is 396 g/mol. The highest BCUT2D eigenvalue weighted by Gasteiger charge is 2.57. The molecule has 5 heteroatoms. The predicted octanol–water partition coefficient (Wildman–Crippen LogP) is 4.17. The third-order valence-corrected chi connectivity index (χ3v) is 7.50. The van der Waals surface area contributed by atoms with Crippen LogP contribution in [0.1, 0.15) is 61.6 Å². The molecule has 4 aliphatic rings. The van der Waals surface area contributed by atoms with Gasteiger partial charge in [0.15, 0.2) is 0 Å². The van der Waals surface area contributed by atoms with Crippen molar-refractivity contribution in [3.05, 3.63) is 45.3 Å². The van der Waals surface area contributed by atoms with Crippen molar-refractivity contribution < 1.29 is 19.1 Å². The van der Waals surface area contributed by atoms with Crippen LogP contribution in [0.5, 0.6) is 0 Å². The van der Waals surface area contributed by atoms with E-state index in [0.717, 1.165) is 48.6 Å². The van der Waals surface area contributed by atoms with E-state index in [4.69, 9.17) is 9.15 Å². The maximum atomic E-state index is 12.7. The zero-order valence-electron chi connectivity index (χ0n) is 17.1. The van der Waals surface area contributed by atoms with Crippen LogP contribution in [0.25, 0.3) is 11.0 Å². The van der Waals surface area contributed by atoms with Gasteiger partial charge in [0.25, 0.3) is 0 Å². The second-order valence-corrected chi connectivity index (χ2v) is 10.0. The van der Waals surface area contributed by atoms with Crippen molar-refractivity contribution in [1.29, 1.82) is 0 Å². The van der Waals surface area contributed by atoms with Crippen LogP contribution in [0.3, 0.4) is 0 Å². The van der Waals surface area contributed by atoms with E-state index >= 15 is 0 Å². The van der Waals surface area contributed by atoms with E-state index in [2.05, 4.69) is 0 Å². The molecule has 4 bridgehead atoms. The number of carbonyl (C=O) groups is 1. The lowest BCUT2D eigenvalue weighted by Crippen LogP contribution is -2.56. The molecule has 4 aliphatic carbocycles. The highest BCUT2D eigenvalue weighted by Crippen LogP contribution is 2.62. The molecule has 1 aromatic carbocycles. The van der Waals surface area contributed by atoms with E-state index in [0.29, 0.717) is 29.4 Å². The fraction of sp³-hybridized carbons (Fsp3) is 0.583. The van der Waals surface area contributed by atoms with Crippen molar-refractivity contribution in [2.24, 2.45) is 17.3 Å². The van der Waals surface area contributed by atoms with Crippen LogP contribution in [0, 0.1) is 31.1 Å². The summed E-state index contributed by atoms with van der Waals surface area (Å²) in [6.45, 7) is 4.05. The van der Waals surface area contributed by atoms with Gasteiger partial charge < -0.3 is 14.3 Å². The number of carbonyl (C=O) groups excluding carboxylic acids is 1. The van der Waals surface area contributed by atoms with Gasteiger partial charge in [-0.15, -0.1) is 0 Å². The summed E-state index contributed by atoms with van der Waals surface area (Å²) in [6, 6.07) is 5.25. The van der Waals surface area contributed by atoms with Gasteiger partial charge in [0.05, 0.1) is 12.0 Å². The average Bonchev–Trinajstić information content (AvgIpc) is 2.58. The lowest BCUT2D eigenvalue weighted by Gasteiger charge is -2.60. The summed E-state index contributed by atoms with van der Waals surface area (Å²) in [5, 5.41) is 11.7. The van der Waals surface area contributed by atoms with Crippen molar-refractivity contribution in [2.45, 2.75) is 71.0 Å². The molecule has 0 amide bonds. The molecule has 4 saturated carbocycles. The first kappa shape index (κ1) is 18.9. The van der Waals surface area contributed by atoms with Crippen LogP contribution in [0.2, 0.25) is 0 Å². The topological polar surface area (TPSA) is 76.7 Å². The SMILES string of the molecule is Cc1cc2oc(=O)cc(COC(=O)CC34C[C@H]5C[C@@H](CC(O)(C5)C3)C4)c2cc1C. The van der Waals surface area contributed by atoms with E-state index in [1.165, 1.54) is 12.5 Å². The number of hydrogen-bond acceptors (Lipinski definition) is 5. The number of rotatable bonds is 4. The third-order valence-electron chi connectivity index (χ3n) is 7.50. The van der Waals surface area contributed by atoms with Crippen LogP contribution in [-0.4, -0.2) is 16.7 Å². The predicted molar refractivity (Wildman–Crippen MR) is 108 cm³/mol. The average molecular weight is 396 g/mol. The second-order valence-electron chi connectivity index (χ2n) is 10.0. The van der Waals surface area contributed by atoms with E-state index in [1.807, 2.05) is 26.0 Å². The number of esters is 1. The Morgan fingerprint density at radius 3 is 2.52 bits per heavy atom. The zero-order chi connectivity index (χ0) is 20.4. The van der Waals surface area contributed by atoms with Crippen molar-refractivity contribution in [1.82, 2.24) is 0 Å². The molecule has 0 unspecified atom stereocenters. The first-order valence-electron chi connectivity index (χ1n) is 10.6. The quantitative estimate of drug-likeness (QED) is 0.620. The smallest absolute Gasteiger partial charge is 0.336 e. The molecule has 1 heterocycles. The van der Waals surface area contributed by atoms with E-state index in [-0.39, 0.29) is 18.0 Å². The second kappa shape index (κ2) is 6.43. The molecule has 154 valence electrons. The maximum absolute atomic E-state index is 12.7. The van der Waals surface area contributed by atoms with Gasteiger partial charge in [-0.3, -0.25) is 4.79 Å². The Hall–Kier alpha value is -2.14. The molecule has 5 nitrogen and oxygen atoms in total. The highest BCUT2D eigenvalue weighted by atomic mass is 16.5. The maximum Gasteiger partial charge on any atom is 0.336 e. The first-order chi connectivity index (χ1) is 13.7. The Balaban J connectivity index is 1.33. The number of aliphatic hydroxyl groups is 1.